The molecule has 0 saturated heterocycles. The Labute approximate surface area is 257 Å². The monoisotopic (exact) mass is 621 g/mol. The Balaban J connectivity index is 1.63. The molecule has 0 bridgehead atoms. The average molecular weight is 622 g/mol. The number of H-pyrrole nitrogens is 2. The van der Waals surface area contributed by atoms with E-state index in [2.05, 4.69) is 38.5 Å². The molecule has 232 valence electrons. The van der Waals surface area contributed by atoms with E-state index in [-0.39, 0.29) is 31.4 Å². The van der Waals surface area contributed by atoms with Crippen LogP contribution in [0, 0.1) is 0 Å². The minimum atomic E-state index is -1.42. The van der Waals surface area contributed by atoms with E-state index in [4.69, 9.17) is 11.5 Å². The second kappa shape index (κ2) is 14.6. The van der Waals surface area contributed by atoms with Crippen molar-refractivity contribution in [2.45, 2.75) is 49.9 Å². The average Bonchev–Trinajstić information content (AvgIpc) is 3.61. The van der Waals surface area contributed by atoms with Crippen LogP contribution in [0.4, 0.5) is 0 Å². The minimum absolute atomic E-state index is 0.00630. The number of carboxylic acid groups (broad SMARTS) is 1. The van der Waals surface area contributed by atoms with E-state index in [0.29, 0.717) is 5.56 Å². The van der Waals surface area contributed by atoms with Gasteiger partial charge in [0.2, 0.25) is 23.6 Å². The van der Waals surface area contributed by atoms with E-state index >= 15 is 0 Å². The summed E-state index contributed by atoms with van der Waals surface area (Å²) in [6.07, 6.45) is 3.01. The number of thiol groups is 1. The molecule has 4 atom stereocenters. The zero-order valence-corrected chi connectivity index (χ0v) is 24.6. The summed E-state index contributed by atoms with van der Waals surface area (Å²) in [6, 6.07) is 10.0. The SMILES string of the molecule is NC(=O)CCC(NC(=O)C(Cc1c[nH]c2ccccc12)NC(=O)C(Cc1c[nH]c2ccccc12)NC(=O)C(N)CS)C(=O)O. The highest BCUT2D eigenvalue weighted by Gasteiger charge is 2.31. The molecule has 0 radical (unpaired) electrons. The van der Waals surface area contributed by atoms with E-state index < -0.39 is 53.8 Å². The second-order valence-electron chi connectivity index (χ2n) is 10.4. The molecule has 0 aliphatic heterocycles. The summed E-state index contributed by atoms with van der Waals surface area (Å²) in [4.78, 5) is 69.6. The van der Waals surface area contributed by atoms with Crippen LogP contribution in [-0.2, 0) is 36.8 Å². The molecule has 0 spiro atoms. The Morgan fingerprint density at radius 3 is 1.66 bits per heavy atom. The van der Waals surface area contributed by atoms with Crippen LogP contribution in [0.1, 0.15) is 24.0 Å². The van der Waals surface area contributed by atoms with Gasteiger partial charge in [0.25, 0.3) is 0 Å². The van der Waals surface area contributed by atoms with E-state index in [9.17, 15) is 29.1 Å². The number of carboxylic acids is 1. The Kier molecular flexibility index (Phi) is 10.6. The van der Waals surface area contributed by atoms with Crippen molar-refractivity contribution in [3.8, 4) is 0 Å². The lowest BCUT2D eigenvalue weighted by atomic mass is 10.0. The number of aliphatic carboxylic acids is 1. The van der Waals surface area contributed by atoms with E-state index in [1.807, 2.05) is 48.5 Å². The number of hydrogen-bond donors (Lipinski definition) is 9. The molecule has 2 aromatic heterocycles. The highest BCUT2D eigenvalue weighted by atomic mass is 32.1. The van der Waals surface area contributed by atoms with Gasteiger partial charge in [-0.3, -0.25) is 19.2 Å². The molecule has 2 aromatic carbocycles. The number of aromatic amines is 2. The first-order chi connectivity index (χ1) is 21.1. The lowest BCUT2D eigenvalue weighted by molar-refractivity contribution is -0.142. The predicted octanol–water partition coefficient (Wildman–Crippen LogP) is 0.496. The van der Waals surface area contributed by atoms with Crippen molar-refractivity contribution < 1.29 is 29.1 Å². The van der Waals surface area contributed by atoms with Gasteiger partial charge in [-0.05, 0) is 29.7 Å². The maximum Gasteiger partial charge on any atom is 0.326 e. The van der Waals surface area contributed by atoms with Crippen LogP contribution >= 0.6 is 12.6 Å². The van der Waals surface area contributed by atoms with Gasteiger partial charge in [0.15, 0.2) is 0 Å². The van der Waals surface area contributed by atoms with Crippen LogP contribution in [0.2, 0.25) is 0 Å². The highest BCUT2D eigenvalue weighted by Crippen LogP contribution is 2.21. The molecule has 13 nitrogen and oxygen atoms in total. The van der Waals surface area contributed by atoms with Crippen molar-refractivity contribution in [3.63, 3.8) is 0 Å². The molecule has 2 heterocycles. The Bertz CT molecular complexity index is 1670. The van der Waals surface area contributed by atoms with Gasteiger partial charge < -0.3 is 42.5 Å². The summed E-state index contributed by atoms with van der Waals surface area (Å²) in [5.74, 6) is -4.11. The molecule has 4 amide bonds. The van der Waals surface area contributed by atoms with Crippen molar-refractivity contribution in [1.29, 1.82) is 0 Å². The number of para-hydroxylation sites is 2. The highest BCUT2D eigenvalue weighted by molar-refractivity contribution is 7.80. The first kappa shape index (κ1) is 32.1. The topological polar surface area (TPSA) is 225 Å². The van der Waals surface area contributed by atoms with Crippen LogP contribution in [0.15, 0.2) is 60.9 Å². The molecular weight excluding hydrogens is 586 g/mol. The number of rotatable bonds is 15. The van der Waals surface area contributed by atoms with Gasteiger partial charge >= 0.3 is 5.97 Å². The summed E-state index contributed by atoms with van der Waals surface area (Å²) < 4.78 is 0. The van der Waals surface area contributed by atoms with Gasteiger partial charge in [0.05, 0.1) is 6.04 Å². The largest absolute Gasteiger partial charge is 0.480 e. The normalized spacial score (nSPS) is 14.0. The zero-order valence-electron chi connectivity index (χ0n) is 23.7. The molecule has 4 aromatic rings. The third-order valence-electron chi connectivity index (χ3n) is 7.29. The zero-order chi connectivity index (χ0) is 31.8. The van der Waals surface area contributed by atoms with Gasteiger partial charge in [-0.2, -0.15) is 12.6 Å². The van der Waals surface area contributed by atoms with Crippen LogP contribution in [0.25, 0.3) is 21.8 Å². The molecule has 14 heteroatoms. The summed E-state index contributed by atoms with van der Waals surface area (Å²) in [5.41, 5.74) is 14.1. The van der Waals surface area contributed by atoms with E-state index in [1.54, 1.807) is 12.4 Å². The molecule has 0 aliphatic carbocycles. The van der Waals surface area contributed by atoms with Crippen molar-refractivity contribution in [2.24, 2.45) is 11.5 Å². The third kappa shape index (κ3) is 7.96. The van der Waals surface area contributed by atoms with Crippen LogP contribution < -0.4 is 27.4 Å². The Morgan fingerprint density at radius 1 is 0.750 bits per heavy atom. The number of amides is 4. The molecular formula is C30H35N7O6S. The molecule has 10 N–H and O–H groups in total. The Morgan fingerprint density at radius 2 is 1.20 bits per heavy atom. The van der Waals surface area contributed by atoms with Crippen molar-refractivity contribution >= 4 is 64.0 Å². The molecule has 0 fully saturated rings. The number of aromatic nitrogens is 2. The summed E-state index contributed by atoms with van der Waals surface area (Å²) in [6.45, 7) is 0. The van der Waals surface area contributed by atoms with Crippen LogP contribution in [-0.4, -0.2) is 74.6 Å². The molecule has 0 saturated carbocycles. The van der Waals surface area contributed by atoms with Crippen LogP contribution in [0.3, 0.4) is 0 Å². The van der Waals surface area contributed by atoms with Crippen molar-refractivity contribution in [3.05, 3.63) is 72.1 Å². The van der Waals surface area contributed by atoms with E-state index in [0.717, 1.165) is 27.4 Å². The number of primary amides is 1. The van der Waals surface area contributed by atoms with Crippen molar-refractivity contribution in [2.75, 3.05) is 5.75 Å². The fourth-order valence-electron chi connectivity index (χ4n) is 4.91. The summed E-state index contributed by atoms with van der Waals surface area (Å²) in [7, 11) is 0. The molecule has 44 heavy (non-hydrogen) atoms. The lowest BCUT2D eigenvalue weighted by Gasteiger charge is -2.25. The smallest absolute Gasteiger partial charge is 0.326 e. The molecule has 0 aliphatic rings. The van der Waals surface area contributed by atoms with E-state index in [1.165, 1.54) is 0 Å². The second-order valence-corrected chi connectivity index (χ2v) is 10.8. The van der Waals surface area contributed by atoms with Gasteiger partial charge in [0, 0.05) is 59.2 Å². The predicted molar refractivity (Wildman–Crippen MR) is 168 cm³/mol. The van der Waals surface area contributed by atoms with Gasteiger partial charge in [-0.25, -0.2) is 4.79 Å². The van der Waals surface area contributed by atoms with Crippen LogP contribution in [0.5, 0.6) is 0 Å². The molecule has 4 unspecified atom stereocenters. The summed E-state index contributed by atoms with van der Waals surface area (Å²) in [5, 5.41) is 19.1. The number of carbonyl (C=O) groups excluding carboxylic acids is 4. The standard InChI is InChI=1S/C30H35N7O6S/c31-20(15-44)27(39)36-24(11-16-13-33-21-7-3-1-5-18(16)21)29(41)37-25(12-17-14-34-22-8-4-2-6-19(17)22)28(40)35-23(30(42)43)9-10-26(32)38/h1-8,13-14,20,23-25,33-34,44H,9-12,15,31H2,(H2,32,38)(H,35,40)(H,36,39)(H,37,41)(H,42,43). The number of benzene rings is 2. The maximum atomic E-state index is 13.8. The number of hydrogen-bond acceptors (Lipinski definition) is 7. The van der Waals surface area contributed by atoms with Gasteiger partial charge in [-0.1, -0.05) is 36.4 Å². The number of nitrogens with one attached hydrogen (secondary N) is 5. The lowest BCUT2D eigenvalue weighted by Crippen LogP contribution is -2.58. The number of nitrogens with two attached hydrogens (primary N) is 2. The first-order valence-electron chi connectivity index (χ1n) is 14.0. The fraction of sp³-hybridized carbons (Fsp3) is 0.300. The summed E-state index contributed by atoms with van der Waals surface area (Å²) >= 11 is 4.08. The maximum absolute atomic E-state index is 13.8. The fourth-order valence-corrected chi connectivity index (χ4v) is 5.08. The molecule has 4 rings (SSSR count). The number of carbonyl (C=O) groups is 5. The quantitative estimate of drug-likeness (QED) is 0.0853. The number of fused-ring (bicyclic) bond motifs is 2. The Hall–Kier alpha value is -4.82. The first-order valence-corrected chi connectivity index (χ1v) is 14.6. The van der Waals surface area contributed by atoms with Gasteiger partial charge in [-0.15, -0.1) is 0 Å². The van der Waals surface area contributed by atoms with Gasteiger partial charge in [0.1, 0.15) is 18.1 Å². The minimum Gasteiger partial charge on any atom is -0.480 e. The third-order valence-corrected chi connectivity index (χ3v) is 7.68. The van der Waals surface area contributed by atoms with Crippen molar-refractivity contribution in [1.82, 2.24) is 25.9 Å².